The molecule has 5 heteroatoms. The standard InChI is InChI=1S/C20H17F2IN2/c1-12-8-17(5-6-19(12)23)25-13(2)9-15(14(25)3)11-24-20-7-4-16(21)10-18(20)22/h4-11H,1-3H3. The van der Waals surface area contributed by atoms with Gasteiger partial charge < -0.3 is 4.57 Å². The van der Waals surface area contributed by atoms with Crippen LogP contribution in [0.2, 0.25) is 0 Å². The summed E-state index contributed by atoms with van der Waals surface area (Å²) < 4.78 is 30.1. The number of rotatable bonds is 3. The molecule has 0 aliphatic rings. The number of hydrogen-bond donors (Lipinski definition) is 0. The third-order valence-electron chi connectivity index (χ3n) is 4.12. The number of halogens is 3. The van der Waals surface area contributed by atoms with Crippen LogP contribution in [-0.2, 0) is 0 Å². The molecular formula is C20H17F2IN2. The van der Waals surface area contributed by atoms with E-state index in [-0.39, 0.29) is 5.69 Å². The summed E-state index contributed by atoms with van der Waals surface area (Å²) in [5.41, 5.74) is 5.41. The second kappa shape index (κ2) is 7.07. The van der Waals surface area contributed by atoms with Crippen molar-refractivity contribution in [2.75, 3.05) is 0 Å². The number of hydrogen-bond acceptors (Lipinski definition) is 1. The van der Waals surface area contributed by atoms with E-state index in [0.717, 1.165) is 28.7 Å². The van der Waals surface area contributed by atoms with Crippen molar-refractivity contribution in [2.24, 2.45) is 4.99 Å². The van der Waals surface area contributed by atoms with E-state index in [1.165, 1.54) is 21.3 Å². The van der Waals surface area contributed by atoms with Crippen molar-refractivity contribution >= 4 is 34.5 Å². The molecule has 0 atom stereocenters. The summed E-state index contributed by atoms with van der Waals surface area (Å²) in [6.45, 7) is 6.11. The van der Waals surface area contributed by atoms with Crippen molar-refractivity contribution in [3.8, 4) is 5.69 Å². The fourth-order valence-corrected chi connectivity index (χ4v) is 3.14. The van der Waals surface area contributed by atoms with Gasteiger partial charge in [-0.25, -0.2) is 8.78 Å². The van der Waals surface area contributed by atoms with E-state index in [4.69, 9.17) is 0 Å². The van der Waals surface area contributed by atoms with Gasteiger partial charge in [0.15, 0.2) is 5.82 Å². The van der Waals surface area contributed by atoms with Crippen molar-refractivity contribution < 1.29 is 8.78 Å². The molecule has 3 rings (SSSR count). The lowest BCUT2D eigenvalue weighted by atomic mass is 10.2. The Bertz CT molecular complexity index is 974. The van der Waals surface area contributed by atoms with E-state index < -0.39 is 11.6 Å². The summed E-state index contributed by atoms with van der Waals surface area (Å²) in [6.07, 6.45) is 1.62. The second-order valence-electron chi connectivity index (χ2n) is 5.95. The highest BCUT2D eigenvalue weighted by Gasteiger charge is 2.10. The molecule has 0 aliphatic carbocycles. The molecule has 2 aromatic carbocycles. The van der Waals surface area contributed by atoms with Crippen LogP contribution in [0.25, 0.3) is 5.69 Å². The molecule has 0 fully saturated rings. The highest BCUT2D eigenvalue weighted by molar-refractivity contribution is 14.1. The van der Waals surface area contributed by atoms with Crippen LogP contribution in [-0.4, -0.2) is 10.8 Å². The normalized spacial score (nSPS) is 11.4. The topological polar surface area (TPSA) is 17.3 Å². The van der Waals surface area contributed by atoms with Crippen molar-refractivity contribution in [2.45, 2.75) is 20.8 Å². The van der Waals surface area contributed by atoms with Gasteiger partial charge in [0.25, 0.3) is 0 Å². The van der Waals surface area contributed by atoms with Crippen LogP contribution < -0.4 is 0 Å². The number of aromatic nitrogens is 1. The predicted octanol–water partition coefficient (Wildman–Crippen LogP) is 6.04. The zero-order valence-electron chi connectivity index (χ0n) is 14.1. The van der Waals surface area contributed by atoms with E-state index in [2.05, 4.69) is 57.3 Å². The minimum atomic E-state index is -0.668. The van der Waals surface area contributed by atoms with Gasteiger partial charge in [-0.2, -0.15) is 0 Å². The van der Waals surface area contributed by atoms with E-state index >= 15 is 0 Å². The number of nitrogens with zero attached hydrogens (tertiary/aromatic N) is 2. The molecule has 0 spiro atoms. The first-order chi connectivity index (χ1) is 11.9. The quantitative estimate of drug-likeness (QED) is 0.342. The molecule has 3 aromatic rings. The van der Waals surface area contributed by atoms with Gasteiger partial charge in [-0.15, -0.1) is 0 Å². The molecule has 0 unspecified atom stereocenters. The third kappa shape index (κ3) is 3.66. The maximum atomic E-state index is 13.7. The Morgan fingerprint density at radius 3 is 2.44 bits per heavy atom. The van der Waals surface area contributed by atoms with Crippen LogP contribution in [0.15, 0.2) is 47.5 Å². The van der Waals surface area contributed by atoms with Crippen molar-refractivity contribution in [3.63, 3.8) is 0 Å². The first-order valence-corrected chi connectivity index (χ1v) is 8.89. The molecular weight excluding hydrogens is 433 g/mol. The van der Waals surface area contributed by atoms with E-state index in [1.54, 1.807) is 6.21 Å². The lowest BCUT2D eigenvalue weighted by molar-refractivity contribution is 0.585. The average Bonchev–Trinajstić information content (AvgIpc) is 2.83. The molecule has 1 heterocycles. The summed E-state index contributed by atoms with van der Waals surface area (Å²) in [5.74, 6) is -1.28. The monoisotopic (exact) mass is 450 g/mol. The summed E-state index contributed by atoms with van der Waals surface area (Å²) in [6, 6.07) is 11.7. The Morgan fingerprint density at radius 1 is 1.00 bits per heavy atom. The van der Waals surface area contributed by atoms with Crippen LogP contribution in [0.3, 0.4) is 0 Å². The minimum Gasteiger partial charge on any atom is -0.318 e. The second-order valence-corrected chi connectivity index (χ2v) is 7.11. The summed E-state index contributed by atoms with van der Waals surface area (Å²) >= 11 is 2.32. The van der Waals surface area contributed by atoms with Crippen molar-refractivity contribution in [3.05, 3.63) is 80.2 Å². The molecule has 0 aliphatic heterocycles. The van der Waals surface area contributed by atoms with Gasteiger partial charge in [0, 0.05) is 38.5 Å². The number of benzene rings is 2. The fraction of sp³-hybridized carbons (Fsp3) is 0.150. The molecule has 0 radical (unpaired) electrons. The summed E-state index contributed by atoms with van der Waals surface area (Å²) in [5, 5.41) is 0. The number of aryl methyl sites for hydroxylation is 2. The van der Waals surface area contributed by atoms with Gasteiger partial charge in [-0.3, -0.25) is 4.99 Å². The van der Waals surface area contributed by atoms with Crippen LogP contribution >= 0.6 is 22.6 Å². The van der Waals surface area contributed by atoms with Crippen LogP contribution in [0.1, 0.15) is 22.5 Å². The van der Waals surface area contributed by atoms with Crippen LogP contribution in [0, 0.1) is 36.0 Å². The van der Waals surface area contributed by atoms with Crippen molar-refractivity contribution in [1.82, 2.24) is 4.57 Å². The predicted molar refractivity (Wildman–Crippen MR) is 106 cm³/mol. The van der Waals surface area contributed by atoms with Gasteiger partial charge in [-0.05, 0) is 85.3 Å². The molecule has 0 saturated carbocycles. The lowest BCUT2D eigenvalue weighted by Gasteiger charge is -2.11. The van der Waals surface area contributed by atoms with Crippen LogP contribution in [0.4, 0.5) is 14.5 Å². The fourth-order valence-electron chi connectivity index (χ4n) is 2.81. The summed E-state index contributed by atoms with van der Waals surface area (Å²) in [4.78, 5) is 4.18. The van der Waals surface area contributed by atoms with Gasteiger partial charge in [0.2, 0.25) is 0 Å². The van der Waals surface area contributed by atoms with Gasteiger partial charge in [0.05, 0.1) is 5.69 Å². The highest BCUT2D eigenvalue weighted by Crippen LogP contribution is 2.24. The first-order valence-electron chi connectivity index (χ1n) is 7.81. The van der Waals surface area contributed by atoms with Crippen LogP contribution in [0.5, 0.6) is 0 Å². The Kier molecular flexibility index (Phi) is 5.03. The molecule has 128 valence electrons. The Hall–Kier alpha value is -2.02. The van der Waals surface area contributed by atoms with Gasteiger partial charge >= 0.3 is 0 Å². The van der Waals surface area contributed by atoms with Crippen molar-refractivity contribution in [1.29, 1.82) is 0 Å². The first kappa shape index (κ1) is 17.8. The molecule has 0 amide bonds. The Balaban J connectivity index is 1.99. The summed E-state index contributed by atoms with van der Waals surface area (Å²) in [7, 11) is 0. The van der Waals surface area contributed by atoms with E-state index in [1.807, 2.05) is 19.9 Å². The van der Waals surface area contributed by atoms with E-state index in [9.17, 15) is 8.78 Å². The molecule has 2 nitrogen and oxygen atoms in total. The molecule has 0 N–H and O–H groups in total. The number of aliphatic imine (C=N–C) groups is 1. The smallest absolute Gasteiger partial charge is 0.151 e. The maximum Gasteiger partial charge on any atom is 0.151 e. The largest absolute Gasteiger partial charge is 0.318 e. The average molecular weight is 450 g/mol. The lowest BCUT2D eigenvalue weighted by Crippen LogP contribution is -2.00. The molecule has 0 saturated heterocycles. The Morgan fingerprint density at radius 2 is 1.76 bits per heavy atom. The SMILES string of the molecule is Cc1cc(-n2c(C)cc(C=Nc3ccc(F)cc3F)c2C)ccc1I. The zero-order chi connectivity index (χ0) is 18.1. The zero-order valence-corrected chi connectivity index (χ0v) is 16.3. The maximum absolute atomic E-state index is 13.7. The molecule has 0 bridgehead atoms. The molecule has 25 heavy (non-hydrogen) atoms. The molecule has 1 aromatic heterocycles. The highest BCUT2D eigenvalue weighted by atomic mass is 127. The van der Waals surface area contributed by atoms with E-state index in [0.29, 0.717) is 0 Å². The van der Waals surface area contributed by atoms with Gasteiger partial charge in [0.1, 0.15) is 5.82 Å². The van der Waals surface area contributed by atoms with Gasteiger partial charge in [-0.1, -0.05) is 0 Å². The third-order valence-corrected chi connectivity index (χ3v) is 5.33. The minimum absolute atomic E-state index is 0.122. The Labute approximate surface area is 159 Å².